The second-order valence-corrected chi connectivity index (χ2v) is 4.32. The van der Waals surface area contributed by atoms with Crippen molar-refractivity contribution in [1.29, 1.82) is 0 Å². The summed E-state index contributed by atoms with van der Waals surface area (Å²) in [6.45, 7) is 6.41. The highest BCUT2D eigenvalue weighted by Crippen LogP contribution is 2.11. The van der Waals surface area contributed by atoms with Crippen LogP contribution in [0.2, 0.25) is 0 Å². The standard InChI is InChI=1S/C7H17N.C4H6O6/c1-4-6-7(3,8)5-2;5-1(3(7)8)2(6)4(9)10/h4-6,8H2,1-3H3;1-2,5-6H,(H,7,8)(H,9,10). The first kappa shape index (κ1) is 19.2. The Morgan fingerprint density at radius 1 is 1.11 bits per heavy atom. The smallest absolute Gasteiger partial charge is 0.335 e. The second-order valence-electron chi connectivity index (χ2n) is 4.32. The van der Waals surface area contributed by atoms with Gasteiger partial charge in [-0.05, 0) is 19.8 Å². The van der Waals surface area contributed by atoms with E-state index in [9.17, 15) is 9.59 Å². The molecule has 7 nitrogen and oxygen atoms in total. The molecule has 0 aromatic heterocycles. The van der Waals surface area contributed by atoms with Crippen LogP contribution in [0.5, 0.6) is 0 Å². The number of carbonyl (C=O) groups is 2. The van der Waals surface area contributed by atoms with Crippen LogP contribution in [-0.4, -0.2) is 50.1 Å². The number of hydrogen-bond acceptors (Lipinski definition) is 5. The van der Waals surface area contributed by atoms with Crippen molar-refractivity contribution in [2.45, 2.75) is 57.8 Å². The molecule has 0 saturated heterocycles. The molecule has 0 aromatic carbocycles. The molecule has 7 heteroatoms. The maximum absolute atomic E-state index is 9.77. The van der Waals surface area contributed by atoms with Gasteiger partial charge in [-0.15, -0.1) is 0 Å². The van der Waals surface area contributed by atoms with Crippen LogP contribution in [0.4, 0.5) is 0 Å². The lowest BCUT2D eigenvalue weighted by Crippen LogP contribution is -2.39. The molecular weight excluding hydrogens is 242 g/mol. The van der Waals surface area contributed by atoms with E-state index in [-0.39, 0.29) is 5.54 Å². The normalized spacial score (nSPS) is 16.8. The van der Waals surface area contributed by atoms with Crippen molar-refractivity contribution in [3.8, 4) is 0 Å². The summed E-state index contributed by atoms with van der Waals surface area (Å²) in [5.74, 6) is -3.54. The van der Waals surface area contributed by atoms with Crippen LogP contribution in [0, 0.1) is 0 Å². The van der Waals surface area contributed by atoms with E-state index in [1.54, 1.807) is 0 Å². The molecular formula is C11H23NO6. The van der Waals surface area contributed by atoms with Crippen LogP contribution in [-0.2, 0) is 9.59 Å². The quantitative estimate of drug-likeness (QED) is 0.447. The van der Waals surface area contributed by atoms with Crippen LogP contribution < -0.4 is 5.73 Å². The van der Waals surface area contributed by atoms with Crippen LogP contribution in [0.1, 0.15) is 40.0 Å². The SMILES string of the molecule is CCCC(C)(N)CC.O=C(O)C(O)C(O)C(=O)O. The maximum atomic E-state index is 9.77. The zero-order valence-electron chi connectivity index (χ0n) is 11.0. The molecule has 6 N–H and O–H groups in total. The Labute approximate surface area is 106 Å². The minimum atomic E-state index is -2.27. The Hall–Kier alpha value is -1.18. The highest BCUT2D eigenvalue weighted by molar-refractivity contribution is 5.83. The third kappa shape index (κ3) is 8.91. The van der Waals surface area contributed by atoms with Gasteiger partial charge in [-0.2, -0.15) is 0 Å². The molecule has 0 spiro atoms. The average molecular weight is 265 g/mol. The first-order chi connectivity index (χ1) is 8.09. The predicted octanol–water partition coefficient (Wildman–Crippen LogP) is -0.209. The monoisotopic (exact) mass is 265 g/mol. The Morgan fingerprint density at radius 2 is 1.44 bits per heavy atom. The average Bonchev–Trinajstić information content (AvgIpc) is 2.27. The second kappa shape index (κ2) is 8.84. The van der Waals surface area contributed by atoms with Crippen molar-refractivity contribution in [1.82, 2.24) is 0 Å². The van der Waals surface area contributed by atoms with Gasteiger partial charge < -0.3 is 26.2 Å². The molecule has 0 aliphatic heterocycles. The number of nitrogens with two attached hydrogens (primary N) is 1. The zero-order chi connectivity index (χ0) is 14.9. The third-order valence-electron chi connectivity index (χ3n) is 2.43. The molecule has 108 valence electrons. The molecule has 0 fully saturated rings. The number of rotatable bonds is 6. The van der Waals surface area contributed by atoms with Gasteiger partial charge in [0, 0.05) is 5.54 Å². The molecule has 0 rings (SSSR count). The fourth-order valence-corrected chi connectivity index (χ4v) is 1.02. The van der Waals surface area contributed by atoms with Crippen molar-refractivity contribution in [3.63, 3.8) is 0 Å². The fraction of sp³-hybridized carbons (Fsp3) is 0.818. The minimum Gasteiger partial charge on any atom is -0.479 e. The summed E-state index contributed by atoms with van der Waals surface area (Å²) in [4.78, 5) is 19.5. The first-order valence-electron chi connectivity index (χ1n) is 5.69. The Bertz CT molecular complexity index is 248. The van der Waals surface area contributed by atoms with Crippen molar-refractivity contribution >= 4 is 11.9 Å². The predicted molar refractivity (Wildman–Crippen MR) is 65.1 cm³/mol. The zero-order valence-corrected chi connectivity index (χ0v) is 11.0. The van der Waals surface area contributed by atoms with E-state index in [4.69, 9.17) is 26.2 Å². The van der Waals surface area contributed by atoms with Gasteiger partial charge >= 0.3 is 11.9 Å². The summed E-state index contributed by atoms with van der Waals surface area (Å²) in [7, 11) is 0. The molecule has 0 radical (unpaired) electrons. The Balaban J connectivity index is 0. The van der Waals surface area contributed by atoms with Crippen LogP contribution >= 0.6 is 0 Å². The number of carboxylic acids is 2. The van der Waals surface area contributed by atoms with Crippen molar-refractivity contribution in [3.05, 3.63) is 0 Å². The topological polar surface area (TPSA) is 141 Å². The van der Waals surface area contributed by atoms with Crippen molar-refractivity contribution in [2.75, 3.05) is 0 Å². The number of hydrogen-bond donors (Lipinski definition) is 5. The Kier molecular flexibility index (Phi) is 9.42. The molecule has 0 saturated carbocycles. The highest BCUT2D eigenvalue weighted by Gasteiger charge is 2.29. The number of aliphatic hydroxyl groups is 2. The summed E-state index contributed by atoms with van der Waals surface area (Å²) in [6.07, 6.45) is -1.11. The molecule has 0 amide bonds. The summed E-state index contributed by atoms with van der Waals surface area (Å²) < 4.78 is 0. The summed E-state index contributed by atoms with van der Waals surface area (Å²) >= 11 is 0. The third-order valence-corrected chi connectivity index (χ3v) is 2.43. The van der Waals surface area contributed by atoms with Gasteiger partial charge in [-0.25, -0.2) is 9.59 Å². The number of aliphatic hydroxyl groups excluding tert-OH is 2. The number of carboxylic acid groups (broad SMARTS) is 2. The van der Waals surface area contributed by atoms with Gasteiger partial charge in [-0.3, -0.25) is 0 Å². The van der Waals surface area contributed by atoms with Gasteiger partial charge in [0.25, 0.3) is 0 Å². The van der Waals surface area contributed by atoms with Gasteiger partial charge in [-0.1, -0.05) is 20.3 Å². The van der Waals surface area contributed by atoms with E-state index < -0.39 is 24.1 Å². The van der Waals surface area contributed by atoms with Crippen LogP contribution in [0.3, 0.4) is 0 Å². The lowest BCUT2D eigenvalue weighted by atomic mass is 9.95. The lowest BCUT2D eigenvalue weighted by molar-refractivity contribution is -0.165. The van der Waals surface area contributed by atoms with Crippen LogP contribution in [0.25, 0.3) is 0 Å². The largest absolute Gasteiger partial charge is 0.479 e. The molecule has 0 bridgehead atoms. The van der Waals surface area contributed by atoms with Crippen molar-refractivity contribution < 1.29 is 30.0 Å². The highest BCUT2D eigenvalue weighted by atomic mass is 16.4. The van der Waals surface area contributed by atoms with Gasteiger partial charge in [0.05, 0.1) is 0 Å². The van der Waals surface area contributed by atoms with E-state index in [0.717, 1.165) is 12.8 Å². The molecule has 3 unspecified atom stereocenters. The van der Waals surface area contributed by atoms with E-state index in [1.165, 1.54) is 6.42 Å². The number of aliphatic carboxylic acids is 2. The lowest BCUT2D eigenvalue weighted by Gasteiger charge is -2.20. The minimum absolute atomic E-state index is 0.0920. The van der Waals surface area contributed by atoms with E-state index in [0.29, 0.717) is 0 Å². The molecule has 3 atom stereocenters. The fourth-order valence-electron chi connectivity index (χ4n) is 1.02. The van der Waals surface area contributed by atoms with E-state index >= 15 is 0 Å². The molecule has 0 heterocycles. The molecule has 0 aromatic rings. The molecule has 0 aliphatic carbocycles. The first-order valence-corrected chi connectivity index (χ1v) is 5.69. The summed E-state index contributed by atoms with van der Waals surface area (Å²) in [5, 5.41) is 32.5. The van der Waals surface area contributed by atoms with Crippen LogP contribution in [0.15, 0.2) is 0 Å². The van der Waals surface area contributed by atoms with E-state index in [2.05, 4.69) is 20.8 Å². The van der Waals surface area contributed by atoms with Gasteiger partial charge in [0.15, 0.2) is 12.2 Å². The maximum Gasteiger partial charge on any atom is 0.335 e. The summed E-state index contributed by atoms with van der Waals surface area (Å²) in [5.41, 5.74) is 5.92. The van der Waals surface area contributed by atoms with Crippen molar-refractivity contribution in [2.24, 2.45) is 5.73 Å². The van der Waals surface area contributed by atoms with Gasteiger partial charge in [0.1, 0.15) is 0 Å². The summed E-state index contributed by atoms with van der Waals surface area (Å²) in [6, 6.07) is 0. The Morgan fingerprint density at radius 3 is 1.56 bits per heavy atom. The molecule has 18 heavy (non-hydrogen) atoms. The molecule has 0 aliphatic rings. The van der Waals surface area contributed by atoms with Gasteiger partial charge in [0.2, 0.25) is 0 Å². The van der Waals surface area contributed by atoms with E-state index in [1.807, 2.05) is 0 Å².